The van der Waals surface area contributed by atoms with Gasteiger partial charge in [-0.2, -0.15) is 10.2 Å². The van der Waals surface area contributed by atoms with E-state index in [9.17, 15) is 4.79 Å². The minimum atomic E-state index is -0.355. The van der Waals surface area contributed by atoms with E-state index >= 15 is 0 Å². The van der Waals surface area contributed by atoms with Crippen LogP contribution in [0.15, 0.2) is 30.6 Å². The average Bonchev–Trinajstić information content (AvgIpc) is 3.47. The molecule has 1 saturated carbocycles. The predicted octanol–water partition coefficient (Wildman–Crippen LogP) is 1.95. The Hall–Kier alpha value is -3.16. The van der Waals surface area contributed by atoms with E-state index in [1.807, 2.05) is 18.2 Å². The number of nitrogens with zero attached hydrogens (tertiary/aromatic N) is 4. The van der Waals surface area contributed by atoms with E-state index in [-0.39, 0.29) is 11.9 Å². The third kappa shape index (κ3) is 2.87. The van der Waals surface area contributed by atoms with Gasteiger partial charge in [0.2, 0.25) is 5.91 Å². The molecule has 1 aliphatic carbocycles. The second-order valence-corrected chi connectivity index (χ2v) is 7.12. The molecule has 2 aliphatic rings. The van der Waals surface area contributed by atoms with Gasteiger partial charge in [0, 0.05) is 23.9 Å². The highest BCUT2D eigenvalue weighted by Crippen LogP contribution is 2.38. The Bertz CT molecular complexity index is 1010. The molecule has 3 aromatic rings. The van der Waals surface area contributed by atoms with Gasteiger partial charge >= 0.3 is 0 Å². The molecule has 27 heavy (non-hydrogen) atoms. The number of primary amides is 1. The van der Waals surface area contributed by atoms with Gasteiger partial charge < -0.3 is 20.4 Å². The first-order valence-corrected chi connectivity index (χ1v) is 9.21. The van der Waals surface area contributed by atoms with E-state index in [2.05, 4.69) is 20.1 Å². The maximum atomic E-state index is 11.8. The lowest BCUT2D eigenvalue weighted by molar-refractivity contribution is -0.119. The van der Waals surface area contributed by atoms with Crippen LogP contribution >= 0.6 is 0 Å². The van der Waals surface area contributed by atoms with Crippen LogP contribution in [0.1, 0.15) is 19.3 Å². The van der Waals surface area contributed by atoms with E-state index < -0.39 is 0 Å². The molecule has 0 bridgehead atoms. The van der Waals surface area contributed by atoms with E-state index in [0.29, 0.717) is 12.5 Å². The van der Waals surface area contributed by atoms with Gasteiger partial charge in [-0.1, -0.05) is 0 Å². The van der Waals surface area contributed by atoms with Crippen molar-refractivity contribution < 1.29 is 9.53 Å². The number of imidazole rings is 1. The number of aromatic nitrogens is 4. The lowest BCUT2D eigenvalue weighted by atomic mass is 10.1. The predicted molar refractivity (Wildman–Crippen MR) is 100 cm³/mol. The van der Waals surface area contributed by atoms with E-state index in [1.165, 1.54) is 0 Å². The molecule has 1 aromatic carbocycles. The molecule has 3 heterocycles. The number of hydrogen-bond acceptors (Lipinski definition) is 6. The number of rotatable bonds is 5. The van der Waals surface area contributed by atoms with Gasteiger partial charge in [0.1, 0.15) is 23.1 Å². The highest BCUT2D eigenvalue weighted by molar-refractivity contribution is 5.91. The molecule has 5 rings (SSSR count). The second kappa shape index (κ2) is 6.22. The fourth-order valence-corrected chi connectivity index (χ4v) is 3.72. The molecule has 0 radical (unpaired) electrons. The number of carbonyl (C=O) groups excluding carboxylic acids is 1. The summed E-state index contributed by atoms with van der Waals surface area (Å²) < 4.78 is 8.16. The molecule has 1 amide bonds. The number of benzene rings is 1. The number of aryl methyl sites for hydroxylation is 1. The number of carbonyl (C=O) groups is 1. The van der Waals surface area contributed by atoms with Crippen molar-refractivity contribution >= 4 is 22.6 Å². The molecule has 0 spiro atoms. The van der Waals surface area contributed by atoms with Crippen LogP contribution < -0.4 is 15.8 Å². The Labute approximate surface area is 155 Å². The van der Waals surface area contributed by atoms with Gasteiger partial charge in [-0.3, -0.25) is 4.79 Å². The fourth-order valence-electron chi connectivity index (χ4n) is 3.72. The number of amides is 1. The smallest absolute Gasteiger partial charge is 0.240 e. The molecule has 1 atom stereocenters. The Morgan fingerprint density at radius 2 is 2.22 bits per heavy atom. The van der Waals surface area contributed by atoms with Crippen molar-refractivity contribution in [3.05, 3.63) is 30.6 Å². The molecule has 1 fully saturated rings. The molecule has 0 unspecified atom stereocenters. The third-order valence-corrected chi connectivity index (χ3v) is 5.15. The van der Waals surface area contributed by atoms with Gasteiger partial charge in [-0.15, -0.1) is 0 Å². The highest BCUT2D eigenvalue weighted by Gasteiger charge is 2.35. The van der Waals surface area contributed by atoms with Gasteiger partial charge in [-0.25, -0.2) is 4.98 Å². The first-order chi connectivity index (χ1) is 13.2. The van der Waals surface area contributed by atoms with Crippen LogP contribution in [0.5, 0.6) is 5.75 Å². The van der Waals surface area contributed by atoms with Crippen molar-refractivity contribution in [3.8, 4) is 17.1 Å². The summed E-state index contributed by atoms with van der Waals surface area (Å²) in [5.74, 6) is 1.61. The highest BCUT2D eigenvalue weighted by atomic mass is 16.5. The lowest BCUT2D eigenvalue weighted by Gasteiger charge is -2.17. The Kier molecular flexibility index (Phi) is 3.70. The minimum absolute atomic E-state index is 0.314. The van der Waals surface area contributed by atoms with Gasteiger partial charge in [0.15, 0.2) is 0 Å². The summed E-state index contributed by atoms with van der Waals surface area (Å²) in [6, 6.07) is 5.45. The fraction of sp³-hybridized carbons (Fsp3) is 0.368. The van der Waals surface area contributed by atoms with Gasteiger partial charge in [0.25, 0.3) is 0 Å². The molecule has 1 aliphatic heterocycles. The van der Waals surface area contributed by atoms with Gasteiger partial charge in [-0.05, 0) is 37.3 Å². The molecule has 8 heteroatoms. The van der Waals surface area contributed by atoms with E-state index in [0.717, 1.165) is 59.7 Å². The summed E-state index contributed by atoms with van der Waals surface area (Å²) in [6.45, 7) is 1.45. The number of hydrogen-bond donors (Lipinski definition) is 2. The van der Waals surface area contributed by atoms with Crippen molar-refractivity contribution in [1.82, 2.24) is 19.7 Å². The number of ether oxygens (including phenoxy) is 1. The molecule has 138 valence electrons. The normalized spacial score (nSPS) is 17.2. The van der Waals surface area contributed by atoms with Crippen LogP contribution in [0.25, 0.3) is 22.4 Å². The van der Waals surface area contributed by atoms with Crippen molar-refractivity contribution in [2.45, 2.75) is 31.8 Å². The molecule has 8 nitrogen and oxygen atoms in total. The summed E-state index contributed by atoms with van der Waals surface area (Å²) in [6.07, 6.45) is 6.32. The zero-order valence-electron chi connectivity index (χ0n) is 14.8. The maximum Gasteiger partial charge on any atom is 0.240 e. The van der Waals surface area contributed by atoms with Crippen LogP contribution in [0, 0.1) is 5.92 Å². The topological polar surface area (TPSA) is 108 Å². The summed E-state index contributed by atoms with van der Waals surface area (Å²) >= 11 is 0. The first kappa shape index (κ1) is 16.0. The lowest BCUT2D eigenvalue weighted by Crippen LogP contribution is -2.37. The third-order valence-electron chi connectivity index (χ3n) is 5.15. The SMILES string of the molecule is NC(=O)[C@@H](Nc1cc2c3c(c1)nc(-c1ccnnc1)n3CCCO2)C1CC1. The van der Waals surface area contributed by atoms with E-state index in [4.69, 9.17) is 15.5 Å². The van der Waals surface area contributed by atoms with Crippen molar-refractivity contribution in [1.29, 1.82) is 0 Å². The first-order valence-electron chi connectivity index (χ1n) is 9.21. The van der Waals surface area contributed by atoms with Crippen molar-refractivity contribution in [2.24, 2.45) is 11.7 Å². The molecule has 0 saturated heterocycles. The Balaban J connectivity index is 1.62. The van der Waals surface area contributed by atoms with Gasteiger partial charge in [0.05, 0.1) is 24.5 Å². The summed E-state index contributed by atoms with van der Waals surface area (Å²) in [7, 11) is 0. The van der Waals surface area contributed by atoms with Crippen LogP contribution in [0.2, 0.25) is 0 Å². The van der Waals surface area contributed by atoms with Crippen LogP contribution in [-0.4, -0.2) is 38.3 Å². The van der Waals surface area contributed by atoms with Crippen molar-refractivity contribution in [2.75, 3.05) is 11.9 Å². The average molecular weight is 364 g/mol. The quantitative estimate of drug-likeness (QED) is 0.716. The number of nitrogens with two attached hydrogens (primary N) is 1. The number of nitrogens with one attached hydrogen (secondary N) is 1. The number of anilines is 1. The summed E-state index contributed by atoms with van der Waals surface area (Å²) in [5, 5.41) is 11.1. The second-order valence-electron chi connectivity index (χ2n) is 7.12. The largest absolute Gasteiger partial charge is 0.491 e. The standard InChI is InChI=1S/C19H20N6O2/c20-18(26)16(11-2-3-11)23-13-8-14-17-15(9-13)27-7-1-6-25(17)19(24-14)12-4-5-21-22-10-12/h4-5,8-11,16,23H,1-3,6-7H2,(H2,20,26)/t16-/m0/s1. The van der Waals surface area contributed by atoms with Crippen molar-refractivity contribution in [3.63, 3.8) is 0 Å². The Morgan fingerprint density at radius 1 is 1.33 bits per heavy atom. The summed E-state index contributed by atoms with van der Waals surface area (Å²) in [4.78, 5) is 16.6. The van der Waals surface area contributed by atoms with Crippen LogP contribution in [-0.2, 0) is 11.3 Å². The zero-order chi connectivity index (χ0) is 18.4. The minimum Gasteiger partial charge on any atom is -0.491 e. The molecule has 2 aromatic heterocycles. The maximum absolute atomic E-state index is 11.8. The van der Waals surface area contributed by atoms with Crippen LogP contribution in [0.3, 0.4) is 0 Å². The monoisotopic (exact) mass is 364 g/mol. The molecular weight excluding hydrogens is 344 g/mol. The zero-order valence-corrected chi connectivity index (χ0v) is 14.8. The van der Waals surface area contributed by atoms with Crippen LogP contribution in [0.4, 0.5) is 5.69 Å². The Morgan fingerprint density at radius 3 is 2.96 bits per heavy atom. The molecular formula is C19H20N6O2. The van der Waals surface area contributed by atoms with E-state index in [1.54, 1.807) is 12.4 Å². The summed E-state index contributed by atoms with van der Waals surface area (Å²) in [5.41, 5.74) is 9.09. The molecule has 3 N–H and O–H groups in total.